The lowest BCUT2D eigenvalue weighted by atomic mass is 10.0. The maximum atomic E-state index is 12.3. The van der Waals surface area contributed by atoms with Crippen molar-refractivity contribution in [2.75, 3.05) is 55.6 Å². The molecule has 1 aromatic carbocycles. The molecule has 0 spiro atoms. The minimum absolute atomic E-state index is 0.197. The number of hydrogen-bond donors (Lipinski definition) is 2. The summed E-state index contributed by atoms with van der Waals surface area (Å²) in [7, 11) is 0. The molecule has 1 amide bonds. The Morgan fingerprint density at radius 3 is 2.19 bits per heavy atom. The first-order chi connectivity index (χ1) is 12.6. The van der Waals surface area contributed by atoms with Crippen LogP contribution >= 0.6 is 0 Å². The smallest absolute Gasteiger partial charge is 0.228 e. The monoisotopic (exact) mass is 353 g/mol. The van der Waals surface area contributed by atoms with E-state index in [-0.39, 0.29) is 5.92 Å². The van der Waals surface area contributed by atoms with Gasteiger partial charge in [0, 0.05) is 69.3 Å². The molecule has 3 aliphatic rings. The Kier molecular flexibility index (Phi) is 4.59. The maximum Gasteiger partial charge on any atom is 0.228 e. The Morgan fingerprint density at radius 1 is 0.962 bits per heavy atom. The van der Waals surface area contributed by atoms with Crippen molar-refractivity contribution < 1.29 is 4.79 Å². The molecule has 4 rings (SSSR count). The number of rotatable bonds is 3. The van der Waals surface area contributed by atoms with Crippen LogP contribution in [-0.2, 0) is 4.79 Å². The number of nitrogens with zero attached hydrogens (tertiary/aromatic N) is 3. The summed E-state index contributed by atoms with van der Waals surface area (Å²) in [5.41, 5.74) is 3.38. The van der Waals surface area contributed by atoms with Crippen LogP contribution in [0.3, 0.4) is 0 Å². The van der Waals surface area contributed by atoms with E-state index in [9.17, 15) is 4.79 Å². The van der Waals surface area contributed by atoms with Crippen molar-refractivity contribution in [2.24, 2.45) is 5.92 Å². The lowest BCUT2D eigenvalue weighted by Gasteiger charge is -2.39. The number of piperazine rings is 1. The van der Waals surface area contributed by atoms with Gasteiger partial charge in [-0.3, -0.25) is 4.79 Å². The van der Waals surface area contributed by atoms with E-state index in [1.54, 1.807) is 0 Å². The fraction of sp³-hybridized carbons (Fsp3) is 0.450. The van der Waals surface area contributed by atoms with Crippen molar-refractivity contribution in [3.63, 3.8) is 0 Å². The van der Waals surface area contributed by atoms with Crippen molar-refractivity contribution in [2.45, 2.75) is 6.42 Å². The van der Waals surface area contributed by atoms with Gasteiger partial charge in [0.1, 0.15) is 5.82 Å². The number of anilines is 2. The van der Waals surface area contributed by atoms with E-state index < -0.39 is 0 Å². The molecule has 3 aliphatic heterocycles. The van der Waals surface area contributed by atoms with Crippen LogP contribution in [0.4, 0.5) is 11.4 Å². The maximum absolute atomic E-state index is 12.3. The van der Waals surface area contributed by atoms with Gasteiger partial charge in [0.15, 0.2) is 0 Å². The van der Waals surface area contributed by atoms with Gasteiger partial charge in [-0.05, 0) is 24.3 Å². The minimum Gasteiger partial charge on any atom is -0.368 e. The van der Waals surface area contributed by atoms with Gasteiger partial charge >= 0.3 is 0 Å². The van der Waals surface area contributed by atoms with Crippen molar-refractivity contribution in [1.82, 2.24) is 15.5 Å². The molecule has 0 saturated carbocycles. The molecule has 0 aromatic heterocycles. The fourth-order valence-corrected chi connectivity index (χ4v) is 3.75. The second-order valence-electron chi connectivity index (χ2n) is 7.26. The standard InChI is InChI=1S/C20H27N5O/c1-15-7-8-25(16(2)22-15)19-5-3-18(4-6-19)23-9-11-24(12-10-23)20(26)17-13-21-14-17/h3-6,17,21-22H,1-2,7-14H2. The number of carbonyl (C=O) groups is 1. The van der Waals surface area contributed by atoms with E-state index in [4.69, 9.17) is 0 Å². The Balaban J connectivity index is 1.35. The van der Waals surface area contributed by atoms with Gasteiger partial charge < -0.3 is 25.3 Å². The van der Waals surface area contributed by atoms with Gasteiger partial charge in [0.05, 0.1) is 5.92 Å². The quantitative estimate of drug-likeness (QED) is 0.859. The molecule has 6 nitrogen and oxygen atoms in total. The molecule has 0 unspecified atom stereocenters. The molecule has 26 heavy (non-hydrogen) atoms. The highest BCUT2D eigenvalue weighted by Gasteiger charge is 2.31. The molecule has 2 N–H and O–H groups in total. The molecule has 138 valence electrons. The molecule has 1 aromatic rings. The van der Waals surface area contributed by atoms with Crippen LogP contribution in [0.5, 0.6) is 0 Å². The van der Waals surface area contributed by atoms with Crippen molar-refractivity contribution in [3.8, 4) is 0 Å². The van der Waals surface area contributed by atoms with Crippen LogP contribution in [0.25, 0.3) is 0 Å². The summed E-state index contributed by atoms with van der Waals surface area (Å²) in [6.45, 7) is 14.0. The van der Waals surface area contributed by atoms with E-state index in [2.05, 4.69) is 57.9 Å². The lowest BCUT2D eigenvalue weighted by molar-refractivity contribution is -0.137. The molecule has 3 heterocycles. The predicted molar refractivity (Wildman–Crippen MR) is 105 cm³/mol. The second-order valence-corrected chi connectivity index (χ2v) is 7.26. The first-order valence-corrected chi connectivity index (χ1v) is 9.37. The fourth-order valence-electron chi connectivity index (χ4n) is 3.75. The zero-order valence-electron chi connectivity index (χ0n) is 15.2. The molecule has 3 saturated heterocycles. The van der Waals surface area contributed by atoms with Crippen molar-refractivity contribution in [3.05, 3.63) is 48.9 Å². The third-order valence-electron chi connectivity index (χ3n) is 5.53. The second kappa shape index (κ2) is 7.03. The van der Waals surface area contributed by atoms with E-state index in [0.717, 1.165) is 69.4 Å². The summed E-state index contributed by atoms with van der Waals surface area (Å²) in [5, 5.41) is 6.40. The Labute approximate surface area is 155 Å². The van der Waals surface area contributed by atoms with Crippen LogP contribution in [0.1, 0.15) is 6.42 Å². The third-order valence-corrected chi connectivity index (χ3v) is 5.53. The molecule has 0 radical (unpaired) electrons. The summed E-state index contributed by atoms with van der Waals surface area (Å²) >= 11 is 0. The van der Waals surface area contributed by atoms with Crippen LogP contribution < -0.4 is 20.4 Å². The summed E-state index contributed by atoms with van der Waals surface area (Å²) in [4.78, 5) is 18.9. The SMILES string of the molecule is C=C1CCN(c2ccc(N3CCN(C(=O)C4CNC4)CC3)cc2)C(=C)N1. The molecule has 0 atom stereocenters. The Morgan fingerprint density at radius 2 is 1.62 bits per heavy atom. The van der Waals surface area contributed by atoms with Gasteiger partial charge in [0.2, 0.25) is 5.91 Å². The van der Waals surface area contributed by atoms with E-state index in [1.807, 2.05) is 4.90 Å². The summed E-state index contributed by atoms with van der Waals surface area (Å²) < 4.78 is 0. The van der Waals surface area contributed by atoms with E-state index in [1.165, 1.54) is 5.69 Å². The van der Waals surface area contributed by atoms with E-state index in [0.29, 0.717) is 5.91 Å². The average molecular weight is 353 g/mol. The lowest BCUT2D eigenvalue weighted by Crippen LogP contribution is -2.56. The first-order valence-electron chi connectivity index (χ1n) is 9.37. The summed E-state index contributed by atoms with van der Waals surface area (Å²) in [6, 6.07) is 8.63. The highest BCUT2D eigenvalue weighted by Crippen LogP contribution is 2.26. The van der Waals surface area contributed by atoms with Crippen LogP contribution in [0.15, 0.2) is 48.9 Å². The number of carbonyl (C=O) groups excluding carboxylic acids is 1. The largest absolute Gasteiger partial charge is 0.368 e. The first kappa shape index (κ1) is 17.0. The molecule has 0 bridgehead atoms. The highest BCUT2D eigenvalue weighted by molar-refractivity contribution is 5.80. The van der Waals surface area contributed by atoms with Crippen molar-refractivity contribution in [1.29, 1.82) is 0 Å². The Bertz CT molecular complexity index is 701. The van der Waals surface area contributed by atoms with Gasteiger partial charge in [-0.2, -0.15) is 0 Å². The zero-order chi connectivity index (χ0) is 18.1. The molecule has 3 fully saturated rings. The summed E-state index contributed by atoms with van der Waals surface area (Å²) in [6.07, 6.45) is 0.924. The third kappa shape index (κ3) is 3.29. The van der Waals surface area contributed by atoms with E-state index >= 15 is 0 Å². The van der Waals surface area contributed by atoms with Crippen LogP contribution in [0, 0.1) is 5.92 Å². The number of amides is 1. The molecular weight excluding hydrogens is 326 g/mol. The zero-order valence-corrected chi connectivity index (χ0v) is 15.2. The highest BCUT2D eigenvalue weighted by atomic mass is 16.2. The molecule has 6 heteroatoms. The van der Waals surface area contributed by atoms with Gasteiger partial charge in [-0.1, -0.05) is 13.2 Å². The van der Waals surface area contributed by atoms with Crippen LogP contribution in [-0.4, -0.2) is 56.6 Å². The van der Waals surface area contributed by atoms with Gasteiger partial charge in [-0.15, -0.1) is 0 Å². The van der Waals surface area contributed by atoms with Gasteiger partial charge in [0.25, 0.3) is 0 Å². The number of benzene rings is 1. The predicted octanol–water partition coefficient (Wildman–Crippen LogP) is 1.34. The van der Waals surface area contributed by atoms with Crippen LogP contribution in [0.2, 0.25) is 0 Å². The topological polar surface area (TPSA) is 50.9 Å². The number of nitrogens with one attached hydrogen (secondary N) is 2. The molecular formula is C20H27N5O. The normalized spacial score (nSPS) is 21.5. The van der Waals surface area contributed by atoms with Gasteiger partial charge in [-0.25, -0.2) is 0 Å². The average Bonchev–Trinajstić information content (AvgIpc) is 2.61. The Hall–Kier alpha value is -2.47. The number of hydrogen-bond acceptors (Lipinski definition) is 5. The summed E-state index contributed by atoms with van der Waals surface area (Å²) in [5.74, 6) is 1.39. The van der Waals surface area contributed by atoms with Crippen molar-refractivity contribution >= 4 is 17.3 Å². The molecule has 0 aliphatic carbocycles. The minimum atomic E-state index is 0.197.